The van der Waals surface area contributed by atoms with Crippen LogP contribution in [0.1, 0.15) is 33.1 Å². The number of rotatable bonds is 7. The maximum Gasteiger partial charge on any atom is 0.224 e. The fraction of sp³-hybridized carbons (Fsp3) is 0.667. The van der Waals surface area contributed by atoms with Crippen molar-refractivity contribution in [2.24, 2.45) is 5.92 Å². The fourth-order valence-corrected chi connectivity index (χ4v) is 3.41. The van der Waals surface area contributed by atoms with Crippen molar-refractivity contribution in [2.45, 2.75) is 38.3 Å². The molecule has 3 N–H and O–H groups in total. The highest BCUT2D eigenvalue weighted by Gasteiger charge is 2.29. The predicted molar refractivity (Wildman–Crippen MR) is 91.1 cm³/mol. The highest BCUT2D eigenvalue weighted by molar-refractivity contribution is 7.99. The molecule has 1 atom stereocenters. The number of nitrogens with zero attached hydrogens (tertiary/aromatic N) is 3. The number of aromatic nitrogens is 2. The smallest absolute Gasteiger partial charge is 0.224 e. The van der Waals surface area contributed by atoms with Crippen LogP contribution in [0.25, 0.3) is 0 Å². The van der Waals surface area contributed by atoms with E-state index in [2.05, 4.69) is 27.1 Å². The molecule has 122 valence electrons. The van der Waals surface area contributed by atoms with Crippen molar-refractivity contribution in [2.75, 3.05) is 36.0 Å². The Balaban J connectivity index is 2.01. The minimum Gasteiger partial charge on any atom is -0.383 e. The first-order valence-corrected chi connectivity index (χ1v) is 8.92. The van der Waals surface area contributed by atoms with Gasteiger partial charge in [-0.25, -0.2) is 9.97 Å². The summed E-state index contributed by atoms with van der Waals surface area (Å²) in [6.07, 6.45) is 3.15. The van der Waals surface area contributed by atoms with E-state index in [1.165, 1.54) is 0 Å². The van der Waals surface area contributed by atoms with Gasteiger partial charge in [0.1, 0.15) is 11.6 Å². The summed E-state index contributed by atoms with van der Waals surface area (Å²) in [5, 5.41) is 3.62. The Bertz CT molecular complexity index is 511. The molecule has 1 aromatic rings. The van der Waals surface area contributed by atoms with Crippen molar-refractivity contribution in [3.05, 3.63) is 6.07 Å². The summed E-state index contributed by atoms with van der Waals surface area (Å²) in [6, 6.07) is 1.80. The van der Waals surface area contributed by atoms with Crippen molar-refractivity contribution < 1.29 is 4.79 Å². The van der Waals surface area contributed by atoms with E-state index in [4.69, 9.17) is 5.73 Å². The van der Waals surface area contributed by atoms with Gasteiger partial charge in [-0.05, 0) is 19.8 Å². The molecule has 1 aliphatic rings. The molecule has 7 heteroatoms. The van der Waals surface area contributed by atoms with E-state index in [-0.39, 0.29) is 11.8 Å². The third-order valence-corrected chi connectivity index (χ3v) is 4.61. The van der Waals surface area contributed by atoms with Crippen LogP contribution in [0, 0.1) is 5.92 Å². The molecule has 0 bridgehead atoms. The Hall–Kier alpha value is -1.50. The third kappa shape index (κ3) is 4.50. The number of nitrogens with one attached hydrogen (secondary N) is 1. The van der Waals surface area contributed by atoms with Crippen LogP contribution in [0.4, 0.5) is 11.6 Å². The van der Waals surface area contributed by atoms with Crippen LogP contribution in [0.15, 0.2) is 11.2 Å². The van der Waals surface area contributed by atoms with Crippen LogP contribution < -0.4 is 16.0 Å². The molecule has 2 rings (SSSR count). The number of carbonyl (C=O) groups excluding carboxylic acids is 1. The lowest BCUT2D eigenvalue weighted by Gasteiger charge is -2.18. The summed E-state index contributed by atoms with van der Waals surface area (Å²) in [7, 11) is 0. The number of amides is 1. The molecular weight excluding hydrogens is 298 g/mol. The lowest BCUT2D eigenvalue weighted by Crippen LogP contribution is -2.32. The zero-order valence-electron chi connectivity index (χ0n) is 13.3. The molecule has 2 heterocycles. The van der Waals surface area contributed by atoms with Gasteiger partial charge in [0, 0.05) is 31.5 Å². The number of nitrogen functional groups attached to an aromatic ring is 1. The molecule has 0 aromatic carbocycles. The second-order valence-corrected chi connectivity index (χ2v) is 6.52. The van der Waals surface area contributed by atoms with E-state index in [0.717, 1.165) is 42.5 Å². The lowest BCUT2D eigenvalue weighted by molar-refractivity contribution is -0.124. The zero-order valence-corrected chi connectivity index (χ0v) is 14.2. The Morgan fingerprint density at radius 1 is 1.50 bits per heavy atom. The van der Waals surface area contributed by atoms with Crippen molar-refractivity contribution in [1.82, 2.24) is 15.3 Å². The molecule has 1 aliphatic heterocycles. The van der Waals surface area contributed by atoms with Gasteiger partial charge in [0.2, 0.25) is 5.91 Å². The first-order chi connectivity index (χ1) is 10.6. The molecular formula is C15H25N5OS. The Labute approximate surface area is 136 Å². The topological polar surface area (TPSA) is 84.1 Å². The van der Waals surface area contributed by atoms with Gasteiger partial charge < -0.3 is 16.0 Å². The average molecular weight is 323 g/mol. The summed E-state index contributed by atoms with van der Waals surface area (Å²) in [6.45, 7) is 6.31. The summed E-state index contributed by atoms with van der Waals surface area (Å²) in [5.74, 6) is 2.49. The normalized spacial score (nSPS) is 17.7. The van der Waals surface area contributed by atoms with Crippen molar-refractivity contribution in [3.8, 4) is 0 Å². The quantitative estimate of drug-likeness (QED) is 0.453. The molecule has 1 amide bonds. The van der Waals surface area contributed by atoms with E-state index in [9.17, 15) is 4.79 Å². The van der Waals surface area contributed by atoms with Gasteiger partial charge in [-0.2, -0.15) is 0 Å². The molecule has 1 fully saturated rings. The molecule has 0 radical (unpaired) electrons. The number of hydrogen-bond donors (Lipinski definition) is 2. The second-order valence-electron chi connectivity index (χ2n) is 5.46. The van der Waals surface area contributed by atoms with Crippen molar-refractivity contribution in [3.63, 3.8) is 0 Å². The van der Waals surface area contributed by atoms with E-state index >= 15 is 0 Å². The van der Waals surface area contributed by atoms with Gasteiger partial charge in [-0.1, -0.05) is 25.1 Å². The molecule has 1 aromatic heterocycles. The van der Waals surface area contributed by atoms with Gasteiger partial charge >= 0.3 is 0 Å². The minimum absolute atomic E-state index is 0.0346. The monoisotopic (exact) mass is 323 g/mol. The maximum atomic E-state index is 11.9. The molecule has 0 saturated carbocycles. The largest absolute Gasteiger partial charge is 0.383 e. The summed E-state index contributed by atoms with van der Waals surface area (Å²) in [5.41, 5.74) is 5.90. The molecule has 0 aliphatic carbocycles. The summed E-state index contributed by atoms with van der Waals surface area (Å²) in [4.78, 5) is 22.9. The number of hydrogen-bond acceptors (Lipinski definition) is 6. The fourth-order valence-electron chi connectivity index (χ4n) is 2.47. The van der Waals surface area contributed by atoms with Crippen molar-refractivity contribution in [1.29, 1.82) is 0 Å². The van der Waals surface area contributed by atoms with Crippen molar-refractivity contribution >= 4 is 29.3 Å². The zero-order chi connectivity index (χ0) is 15.9. The van der Waals surface area contributed by atoms with Crippen LogP contribution >= 0.6 is 11.8 Å². The number of nitrogens with two attached hydrogens (primary N) is 1. The van der Waals surface area contributed by atoms with Crippen LogP contribution in [0.2, 0.25) is 0 Å². The SMILES string of the molecule is CCCCSc1nc(N)cc(N2CC[C@@H](C(=O)NCC)C2)n1. The van der Waals surface area contributed by atoms with Crippen LogP contribution in [0.5, 0.6) is 0 Å². The molecule has 1 saturated heterocycles. The minimum atomic E-state index is 0.0346. The van der Waals surface area contributed by atoms with Crippen LogP contribution in [0.3, 0.4) is 0 Å². The third-order valence-electron chi connectivity index (χ3n) is 3.68. The number of thioether (sulfide) groups is 1. The van der Waals surface area contributed by atoms with E-state index in [1.54, 1.807) is 17.8 Å². The Morgan fingerprint density at radius 2 is 2.32 bits per heavy atom. The van der Waals surface area contributed by atoms with E-state index in [0.29, 0.717) is 18.9 Å². The van der Waals surface area contributed by atoms with E-state index < -0.39 is 0 Å². The maximum absolute atomic E-state index is 11.9. The lowest BCUT2D eigenvalue weighted by atomic mass is 10.1. The summed E-state index contributed by atoms with van der Waals surface area (Å²) < 4.78 is 0. The number of unbranched alkanes of at least 4 members (excludes halogenated alkanes) is 1. The van der Waals surface area contributed by atoms with Crippen LogP contribution in [-0.4, -0.2) is 41.3 Å². The van der Waals surface area contributed by atoms with Gasteiger partial charge in [0.05, 0.1) is 5.92 Å². The summed E-state index contributed by atoms with van der Waals surface area (Å²) >= 11 is 1.64. The van der Waals surface area contributed by atoms with E-state index in [1.807, 2.05) is 6.92 Å². The molecule has 0 spiro atoms. The average Bonchev–Trinajstić information content (AvgIpc) is 2.97. The predicted octanol–water partition coefficient (Wildman–Crippen LogP) is 1.91. The first kappa shape index (κ1) is 16.9. The highest BCUT2D eigenvalue weighted by atomic mass is 32.2. The van der Waals surface area contributed by atoms with Gasteiger partial charge in [-0.15, -0.1) is 0 Å². The van der Waals surface area contributed by atoms with Gasteiger partial charge in [-0.3, -0.25) is 4.79 Å². The highest BCUT2D eigenvalue weighted by Crippen LogP contribution is 2.26. The second kappa shape index (κ2) is 8.22. The Kier molecular flexibility index (Phi) is 6.30. The van der Waals surface area contributed by atoms with Gasteiger partial charge in [0.15, 0.2) is 5.16 Å². The van der Waals surface area contributed by atoms with Gasteiger partial charge in [0.25, 0.3) is 0 Å². The first-order valence-electron chi connectivity index (χ1n) is 7.94. The Morgan fingerprint density at radius 3 is 3.05 bits per heavy atom. The number of carbonyl (C=O) groups is 1. The molecule has 22 heavy (non-hydrogen) atoms. The number of anilines is 2. The van der Waals surface area contributed by atoms with Crippen LogP contribution in [-0.2, 0) is 4.79 Å². The standard InChI is InChI=1S/C15H25N5OS/c1-3-5-8-22-15-18-12(16)9-13(19-15)20-7-6-11(10-20)14(21)17-4-2/h9,11H,3-8,10H2,1-2H3,(H,17,21)(H2,16,18,19)/t11-/m1/s1. The molecule has 0 unspecified atom stereocenters. The molecule has 6 nitrogen and oxygen atoms in total.